The maximum atomic E-state index is 13.0. The quantitative estimate of drug-likeness (QED) is 0.101. The first-order chi connectivity index (χ1) is 21.0. The Morgan fingerprint density at radius 3 is 2.77 bits per heavy atom. The second-order valence-electron chi connectivity index (χ2n) is 10.2. The lowest BCUT2D eigenvalue weighted by molar-refractivity contribution is -0.122. The van der Waals surface area contributed by atoms with Crippen molar-refractivity contribution >= 4 is 85.5 Å². The molecule has 9 nitrogen and oxygen atoms in total. The summed E-state index contributed by atoms with van der Waals surface area (Å²) in [5, 5.41) is 12.8. The number of carbonyl (C=O) groups excluding carboxylic acids is 2. The number of thiocarbonyl (C=S) groups is 1. The van der Waals surface area contributed by atoms with Crippen LogP contribution in [0.4, 0.5) is 5.13 Å². The summed E-state index contributed by atoms with van der Waals surface area (Å²) in [6, 6.07) is 15.4. The maximum absolute atomic E-state index is 13.0. The molecule has 1 aliphatic heterocycles. The summed E-state index contributed by atoms with van der Waals surface area (Å²) in [5.74, 6) is 1.06. The van der Waals surface area contributed by atoms with Crippen molar-refractivity contribution in [2.75, 3.05) is 11.9 Å². The SMILES string of the molecule is O=C(CCCN1C(=O)/C(=C/c2ccc(OC3CCCCC3)cc2)SC1=S)Nc1nnc(CSc2nc3ccccc3o2)s1. The van der Waals surface area contributed by atoms with Crippen molar-refractivity contribution < 1.29 is 18.7 Å². The monoisotopic (exact) mass is 651 g/mol. The second kappa shape index (κ2) is 14.0. The highest BCUT2D eigenvalue weighted by molar-refractivity contribution is 8.26. The van der Waals surface area contributed by atoms with Gasteiger partial charge < -0.3 is 14.5 Å². The molecular formula is C30H29N5O4S4. The molecule has 13 heteroatoms. The van der Waals surface area contributed by atoms with E-state index in [0.29, 0.717) is 44.4 Å². The second-order valence-corrected chi connectivity index (χ2v) is 13.8. The van der Waals surface area contributed by atoms with Crippen LogP contribution in [0.15, 0.2) is 63.1 Å². The van der Waals surface area contributed by atoms with Gasteiger partial charge in [-0.25, -0.2) is 4.98 Å². The summed E-state index contributed by atoms with van der Waals surface area (Å²) >= 11 is 9.48. The average molecular weight is 652 g/mol. The molecule has 1 saturated heterocycles. The maximum Gasteiger partial charge on any atom is 0.266 e. The number of carbonyl (C=O) groups is 2. The number of rotatable bonds is 11. The van der Waals surface area contributed by atoms with Crippen LogP contribution in [0.5, 0.6) is 5.75 Å². The van der Waals surface area contributed by atoms with Crippen molar-refractivity contribution in [2.24, 2.45) is 0 Å². The Morgan fingerprint density at radius 2 is 1.95 bits per heavy atom. The number of nitrogens with one attached hydrogen (secondary N) is 1. The van der Waals surface area contributed by atoms with E-state index < -0.39 is 0 Å². The number of anilines is 1. The molecule has 0 radical (unpaired) electrons. The Bertz CT molecular complexity index is 1610. The molecule has 2 aromatic heterocycles. The van der Waals surface area contributed by atoms with Gasteiger partial charge in [0.1, 0.15) is 20.6 Å². The summed E-state index contributed by atoms with van der Waals surface area (Å²) in [5.41, 5.74) is 2.46. The van der Waals surface area contributed by atoms with Gasteiger partial charge in [0.25, 0.3) is 11.1 Å². The fourth-order valence-electron chi connectivity index (χ4n) is 4.84. The largest absolute Gasteiger partial charge is 0.490 e. The van der Waals surface area contributed by atoms with Crippen LogP contribution in [-0.4, -0.2) is 48.9 Å². The molecule has 6 rings (SSSR count). The van der Waals surface area contributed by atoms with Gasteiger partial charge in [-0.05, 0) is 68.0 Å². The zero-order chi connectivity index (χ0) is 29.6. The van der Waals surface area contributed by atoms with Gasteiger partial charge in [0.15, 0.2) is 5.58 Å². The van der Waals surface area contributed by atoms with E-state index in [0.717, 1.165) is 40.3 Å². The molecule has 0 bridgehead atoms. The molecule has 1 N–H and O–H groups in total. The number of thioether (sulfide) groups is 2. The van der Waals surface area contributed by atoms with Crippen LogP contribution < -0.4 is 10.1 Å². The molecular weight excluding hydrogens is 623 g/mol. The first-order valence-electron chi connectivity index (χ1n) is 14.1. The number of nitrogens with zero attached hydrogens (tertiary/aromatic N) is 4. The van der Waals surface area contributed by atoms with E-state index in [2.05, 4.69) is 20.5 Å². The number of hydrogen-bond acceptors (Lipinski definition) is 11. The minimum atomic E-state index is -0.189. The topological polar surface area (TPSA) is 110 Å². The smallest absolute Gasteiger partial charge is 0.266 e. The van der Waals surface area contributed by atoms with Crippen LogP contribution in [0.2, 0.25) is 0 Å². The molecule has 43 heavy (non-hydrogen) atoms. The Morgan fingerprint density at radius 1 is 1.14 bits per heavy atom. The molecule has 4 aromatic rings. The van der Waals surface area contributed by atoms with Crippen molar-refractivity contribution in [1.29, 1.82) is 0 Å². The third-order valence-electron chi connectivity index (χ3n) is 7.00. The van der Waals surface area contributed by atoms with Gasteiger partial charge in [-0.3, -0.25) is 14.5 Å². The predicted octanol–water partition coefficient (Wildman–Crippen LogP) is 7.30. The molecule has 3 heterocycles. The molecule has 2 aromatic carbocycles. The van der Waals surface area contributed by atoms with Gasteiger partial charge in [-0.2, -0.15) is 0 Å². The summed E-state index contributed by atoms with van der Waals surface area (Å²) < 4.78 is 12.3. The third-order valence-corrected chi connectivity index (χ3v) is 10.2. The highest BCUT2D eigenvalue weighted by atomic mass is 32.2. The van der Waals surface area contributed by atoms with E-state index in [9.17, 15) is 9.59 Å². The number of hydrogen-bond donors (Lipinski definition) is 1. The lowest BCUT2D eigenvalue weighted by Gasteiger charge is -2.22. The molecule has 1 saturated carbocycles. The number of amides is 2. The van der Waals surface area contributed by atoms with Gasteiger partial charge in [0, 0.05) is 13.0 Å². The van der Waals surface area contributed by atoms with Crippen LogP contribution in [0.3, 0.4) is 0 Å². The molecule has 222 valence electrons. The summed E-state index contributed by atoms with van der Waals surface area (Å²) in [7, 11) is 0. The fourth-order valence-corrected chi connectivity index (χ4v) is 7.73. The molecule has 1 aliphatic carbocycles. The zero-order valence-corrected chi connectivity index (χ0v) is 26.5. The van der Waals surface area contributed by atoms with E-state index >= 15 is 0 Å². The van der Waals surface area contributed by atoms with E-state index in [4.69, 9.17) is 21.4 Å². The van der Waals surface area contributed by atoms with Crippen LogP contribution in [0, 0.1) is 0 Å². The number of fused-ring (bicyclic) bond motifs is 1. The van der Waals surface area contributed by atoms with E-state index in [-0.39, 0.29) is 18.2 Å². The number of benzene rings is 2. The van der Waals surface area contributed by atoms with Crippen LogP contribution in [0.1, 0.15) is 55.5 Å². The number of oxazole rings is 1. The van der Waals surface area contributed by atoms with E-state index in [1.54, 1.807) is 4.90 Å². The summed E-state index contributed by atoms with van der Waals surface area (Å²) in [6.07, 6.45) is 8.81. The molecule has 2 amide bonds. The highest BCUT2D eigenvalue weighted by Gasteiger charge is 2.31. The first kappa shape index (κ1) is 29.8. The standard InChI is InChI=1S/C30H29N5O4S4/c36-25(32-28-34-33-26(43-28)18-41-29-31-22-9-4-5-10-23(22)39-29)11-6-16-35-27(37)24(42-30(35)40)17-19-12-14-21(15-13-19)38-20-7-2-1-3-8-20/h4-5,9-10,12-15,17,20H,1-3,6-8,11,16,18H2,(H,32,34,36)/b24-17-. The summed E-state index contributed by atoms with van der Waals surface area (Å²) in [6.45, 7) is 0.367. The first-order valence-corrected chi connectivity index (χ1v) is 17.2. The van der Waals surface area contributed by atoms with Gasteiger partial charge >= 0.3 is 0 Å². The lowest BCUT2D eigenvalue weighted by Crippen LogP contribution is -2.29. The molecule has 0 spiro atoms. The Hall–Kier alpha value is -3.26. The Kier molecular flexibility index (Phi) is 9.71. The molecule has 0 atom stereocenters. The van der Waals surface area contributed by atoms with Crippen LogP contribution in [0.25, 0.3) is 17.2 Å². The average Bonchev–Trinajstić information content (AvgIpc) is 3.71. The molecule has 2 fully saturated rings. The zero-order valence-electron chi connectivity index (χ0n) is 23.2. The van der Waals surface area contributed by atoms with Gasteiger partial charge in [-0.1, -0.05) is 77.8 Å². The lowest BCUT2D eigenvalue weighted by atomic mass is 9.98. The van der Waals surface area contributed by atoms with Gasteiger partial charge in [0.2, 0.25) is 11.0 Å². The van der Waals surface area contributed by atoms with Crippen LogP contribution in [-0.2, 0) is 15.3 Å². The van der Waals surface area contributed by atoms with Gasteiger partial charge in [0.05, 0.1) is 16.8 Å². The number of para-hydroxylation sites is 2. The minimum Gasteiger partial charge on any atom is -0.490 e. The molecule has 0 unspecified atom stereocenters. The van der Waals surface area contributed by atoms with Crippen molar-refractivity contribution in [3.8, 4) is 5.75 Å². The van der Waals surface area contributed by atoms with Crippen molar-refractivity contribution in [2.45, 2.75) is 62.0 Å². The fraction of sp³-hybridized carbons (Fsp3) is 0.333. The normalized spacial score (nSPS) is 16.8. The minimum absolute atomic E-state index is 0.136. The van der Waals surface area contributed by atoms with Gasteiger partial charge in [-0.15, -0.1) is 10.2 Å². The molecule has 2 aliphatic rings. The highest BCUT2D eigenvalue weighted by Crippen LogP contribution is 2.33. The Balaban J connectivity index is 0.939. The van der Waals surface area contributed by atoms with Crippen molar-refractivity contribution in [3.05, 3.63) is 64.0 Å². The number of ether oxygens (including phenoxy) is 1. The third kappa shape index (κ3) is 7.83. The summed E-state index contributed by atoms with van der Waals surface area (Å²) in [4.78, 5) is 32.1. The predicted molar refractivity (Wildman–Crippen MR) is 175 cm³/mol. The Labute approximate surface area is 266 Å². The van der Waals surface area contributed by atoms with Crippen LogP contribution >= 0.6 is 47.1 Å². The number of aromatic nitrogens is 3. The van der Waals surface area contributed by atoms with E-state index in [1.807, 2.05) is 54.6 Å². The van der Waals surface area contributed by atoms with E-state index in [1.165, 1.54) is 54.1 Å². The van der Waals surface area contributed by atoms with Crippen molar-refractivity contribution in [3.63, 3.8) is 0 Å². The van der Waals surface area contributed by atoms with Crippen molar-refractivity contribution in [1.82, 2.24) is 20.1 Å².